The lowest BCUT2D eigenvalue weighted by atomic mass is 9.78. The smallest absolute Gasteiger partial charge is 0.256 e. The first-order valence-corrected chi connectivity index (χ1v) is 11.9. The maximum absolute atomic E-state index is 13.7. The number of hydrogen-bond donors (Lipinski definition) is 0. The van der Waals surface area contributed by atoms with Crippen LogP contribution in [0.4, 0.5) is 5.69 Å². The molecule has 3 heterocycles. The van der Waals surface area contributed by atoms with E-state index in [1.54, 1.807) is 0 Å². The molecule has 3 saturated heterocycles. The Labute approximate surface area is 180 Å². The maximum atomic E-state index is 13.7. The van der Waals surface area contributed by atoms with Crippen LogP contribution in [0.25, 0.3) is 0 Å². The first-order chi connectivity index (χ1) is 14.8. The summed E-state index contributed by atoms with van der Waals surface area (Å²) in [4.78, 5) is 20.7. The second-order valence-electron chi connectivity index (χ2n) is 9.26. The molecule has 0 bridgehead atoms. The third-order valence-electron chi connectivity index (χ3n) is 7.50. The number of para-hydroxylation sites is 1. The van der Waals surface area contributed by atoms with Gasteiger partial charge < -0.3 is 19.3 Å². The Morgan fingerprint density at radius 1 is 0.933 bits per heavy atom. The van der Waals surface area contributed by atoms with E-state index >= 15 is 0 Å². The highest BCUT2D eigenvalue weighted by molar-refractivity contribution is 6.00. The highest BCUT2D eigenvalue weighted by Crippen LogP contribution is 2.39. The average Bonchev–Trinajstić information content (AvgIpc) is 3.34. The summed E-state index contributed by atoms with van der Waals surface area (Å²) in [6.45, 7) is 7.56. The van der Waals surface area contributed by atoms with Gasteiger partial charge in [0.1, 0.15) is 5.60 Å². The Morgan fingerprint density at radius 2 is 1.73 bits per heavy atom. The van der Waals surface area contributed by atoms with Crippen molar-refractivity contribution in [2.24, 2.45) is 0 Å². The molecule has 2 atom stereocenters. The summed E-state index contributed by atoms with van der Waals surface area (Å²) in [5.74, 6) is 0.158. The van der Waals surface area contributed by atoms with Crippen molar-refractivity contribution < 1.29 is 14.3 Å². The lowest BCUT2D eigenvalue weighted by Crippen LogP contribution is -2.64. The van der Waals surface area contributed by atoms with Crippen molar-refractivity contribution in [3.63, 3.8) is 0 Å². The van der Waals surface area contributed by atoms with Gasteiger partial charge in [-0.25, -0.2) is 0 Å². The van der Waals surface area contributed by atoms with E-state index in [1.807, 2.05) is 18.2 Å². The first kappa shape index (κ1) is 20.3. The third-order valence-corrected chi connectivity index (χ3v) is 7.50. The lowest BCUT2D eigenvalue weighted by molar-refractivity contribution is -0.156. The molecule has 6 heteroatoms. The molecule has 4 aliphatic rings. The van der Waals surface area contributed by atoms with Crippen molar-refractivity contribution in [3.8, 4) is 0 Å². The second-order valence-corrected chi connectivity index (χ2v) is 9.26. The van der Waals surface area contributed by atoms with Crippen molar-refractivity contribution in [3.05, 3.63) is 29.8 Å². The highest BCUT2D eigenvalue weighted by atomic mass is 16.5. The molecule has 1 aromatic carbocycles. The van der Waals surface area contributed by atoms with Gasteiger partial charge >= 0.3 is 0 Å². The molecule has 2 unspecified atom stereocenters. The highest BCUT2D eigenvalue weighted by Gasteiger charge is 2.48. The minimum atomic E-state index is -0.190. The van der Waals surface area contributed by atoms with Crippen molar-refractivity contribution in [1.82, 2.24) is 9.80 Å². The van der Waals surface area contributed by atoms with E-state index in [0.717, 1.165) is 50.5 Å². The van der Waals surface area contributed by atoms with E-state index in [2.05, 4.69) is 20.8 Å². The van der Waals surface area contributed by atoms with E-state index in [9.17, 15) is 4.79 Å². The molecule has 164 valence electrons. The van der Waals surface area contributed by atoms with Gasteiger partial charge in [-0.3, -0.25) is 9.69 Å². The number of likely N-dealkylation sites (tertiary alicyclic amines) is 1. The normalized spacial score (nSPS) is 30.7. The summed E-state index contributed by atoms with van der Waals surface area (Å²) >= 11 is 0. The van der Waals surface area contributed by atoms with Crippen LogP contribution in [0.2, 0.25) is 0 Å². The second kappa shape index (κ2) is 8.85. The van der Waals surface area contributed by atoms with Crippen molar-refractivity contribution >= 4 is 11.6 Å². The van der Waals surface area contributed by atoms with Gasteiger partial charge in [0, 0.05) is 31.4 Å². The fraction of sp³-hybridized carbons (Fsp3) is 0.708. The first-order valence-electron chi connectivity index (χ1n) is 11.9. The minimum absolute atomic E-state index is 0.158. The molecular weight excluding hydrogens is 378 g/mol. The molecule has 30 heavy (non-hydrogen) atoms. The number of rotatable bonds is 3. The Bertz CT molecular complexity index is 741. The Hall–Kier alpha value is -1.63. The molecule has 1 amide bonds. The Morgan fingerprint density at radius 3 is 2.57 bits per heavy atom. The zero-order valence-electron chi connectivity index (χ0n) is 18.1. The predicted octanol–water partition coefficient (Wildman–Crippen LogP) is 2.77. The number of morpholine rings is 2. The van der Waals surface area contributed by atoms with Crippen LogP contribution in [0.1, 0.15) is 48.9 Å². The molecule has 4 fully saturated rings. The molecule has 0 radical (unpaired) electrons. The standard InChI is InChI=1S/C24H35N3O3/c28-23(20-7-1-2-8-21(20)25-13-16-29-17-14-25)27-15-18-30-24(19-27)10-4-3-9-22(24)26-11-5-6-12-26/h1-2,7-8,22H,3-6,9-19H2. The Balaban J connectivity index is 1.38. The van der Waals surface area contributed by atoms with Crippen molar-refractivity contribution in [2.45, 2.75) is 50.2 Å². The number of ether oxygens (including phenoxy) is 2. The lowest BCUT2D eigenvalue weighted by Gasteiger charge is -2.52. The van der Waals surface area contributed by atoms with Gasteiger partial charge in [-0.1, -0.05) is 25.0 Å². The van der Waals surface area contributed by atoms with Crippen LogP contribution >= 0.6 is 0 Å². The van der Waals surface area contributed by atoms with Crippen molar-refractivity contribution in [1.29, 1.82) is 0 Å². The number of anilines is 1. The van der Waals surface area contributed by atoms with E-state index in [4.69, 9.17) is 9.47 Å². The fourth-order valence-corrected chi connectivity index (χ4v) is 6.00. The molecule has 6 nitrogen and oxygen atoms in total. The number of benzene rings is 1. The van der Waals surface area contributed by atoms with Crippen LogP contribution in [0, 0.1) is 0 Å². The van der Waals surface area contributed by atoms with Crippen LogP contribution in [0.3, 0.4) is 0 Å². The molecule has 5 rings (SSSR count). The average molecular weight is 414 g/mol. The number of carbonyl (C=O) groups is 1. The molecule has 1 spiro atoms. The van der Waals surface area contributed by atoms with E-state index in [1.165, 1.54) is 45.2 Å². The molecule has 1 aliphatic carbocycles. The SMILES string of the molecule is O=C(c1ccccc1N1CCOCC1)N1CCOC2(CCCCC2N2CCCC2)C1. The largest absolute Gasteiger partial charge is 0.378 e. The quantitative estimate of drug-likeness (QED) is 0.763. The number of hydrogen-bond acceptors (Lipinski definition) is 5. The van der Waals surface area contributed by atoms with Crippen LogP contribution < -0.4 is 4.90 Å². The zero-order valence-corrected chi connectivity index (χ0v) is 18.1. The maximum Gasteiger partial charge on any atom is 0.256 e. The summed E-state index contributed by atoms with van der Waals surface area (Å²) in [6.07, 6.45) is 7.34. The molecule has 1 aromatic rings. The summed E-state index contributed by atoms with van der Waals surface area (Å²) in [5.41, 5.74) is 1.68. The van der Waals surface area contributed by atoms with E-state index in [0.29, 0.717) is 19.2 Å². The van der Waals surface area contributed by atoms with Crippen LogP contribution in [-0.4, -0.2) is 86.4 Å². The van der Waals surface area contributed by atoms with Gasteiger partial charge in [0.25, 0.3) is 5.91 Å². The summed E-state index contributed by atoms with van der Waals surface area (Å²) in [7, 11) is 0. The molecule has 3 aliphatic heterocycles. The topological polar surface area (TPSA) is 45.3 Å². The van der Waals surface area contributed by atoms with Crippen LogP contribution in [0.15, 0.2) is 24.3 Å². The van der Waals surface area contributed by atoms with E-state index < -0.39 is 0 Å². The third kappa shape index (κ3) is 3.85. The summed E-state index contributed by atoms with van der Waals surface area (Å²) in [6, 6.07) is 8.56. The number of amides is 1. The summed E-state index contributed by atoms with van der Waals surface area (Å²) in [5, 5.41) is 0. The fourth-order valence-electron chi connectivity index (χ4n) is 6.00. The van der Waals surface area contributed by atoms with Gasteiger partial charge in [0.05, 0.1) is 31.9 Å². The molecular formula is C24H35N3O3. The van der Waals surface area contributed by atoms with E-state index in [-0.39, 0.29) is 11.5 Å². The molecule has 0 aromatic heterocycles. The zero-order chi connectivity index (χ0) is 20.4. The monoisotopic (exact) mass is 413 g/mol. The summed E-state index contributed by atoms with van der Waals surface area (Å²) < 4.78 is 12.0. The van der Waals surface area contributed by atoms with Crippen LogP contribution in [0.5, 0.6) is 0 Å². The van der Waals surface area contributed by atoms with Gasteiger partial charge in [0.2, 0.25) is 0 Å². The van der Waals surface area contributed by atoms with Gasteiger partial charge in [-0.05, 0) is 50.9 Å². The predicted molar refractivity (Wildman–Crippen MR) is 117 cm³/mol. The Kier molecular flexibility index (Phi) is 5.98. The van der Waals surface area contributed by atoms with Crippen molar-refractivity contribution in [2.75, 3.05) is 64.0 Å². The molecule has 0 N–H and O–H groups in total. The van der Waals surface area contributed by atoms with Gasteiger partial charge in [-0.2, -0.15) is 0 Å². The molecule has 1 saturated carbocycles. The van der Waals surface area contributed by atoms with Gasteiger partial charge in [0.15, 0.2) is 0 Å². The number of nitrogens with zero attached hydrogens (tertiary/aromatic N) is 3. The van der Waals surface area contributed by atoms with Gasteiger partial charge in [-0.15, -0.1) is 0 Å². The number of carbonyl (C=O) groups excluding carboxylic acids is 1. The minimum Gasteiger partial charge on any atom is -0.378 e. The van der Waals surface area contributed by atoms with Crippen LogP contribution in [-0.2, 0) is 9.47 Å².